The van der Waals surface area contributed by atoms with Gasteiger partial charge < -0.3 is 10.4 Å². The topological polar surface area (TPSA) is 101 Å². The van der Waals surface area contributed by atoms with E-state index in [4.69, 9.17) is 0 Å². The third-order valence-corrected chi connectivity index (χ3v) is 5.69. The van der Waals surface area contributed by atoms with Gasteiger partial charge in [0.05, 0.1) is 4.88 Å². The summed E-state index contributed by atoms with van der Waals surface area (Å²) in [6.45, 7) is 3.25. The fourth-order valence-electron chi connectivity index (χ4n) is 1.68. The molecule has 1 unspecified atom stereocenters. The first-order valence-electron chi connectivity index (χ1n) is 5.96. The fraction of sp³-hybridized carbons (Fsp3) is 0.500. The average molecular weight is 319 g/mol. The van der Waals surface area contributed by atoms with E-state index in [1.165, 1.54) is 19.1 Å². The summed E-state index contributed by atoms with van der Waals surface area (Å²) in [6, 6.07) is 2.72. The second-order valence-electron chi connectivity index (χ2n) is 4.73. The van der Waals surface area contributed by atoms with Crippen molar-refractivity contribution in [2.45, 2.75) is 36.4 Å². The second-order valence-corrected chi connectivity index (χ2v) is 8.06. The number of carbonyl (C=O) groups excluding carboxylic acids is 1. The van der Waals surface area contributed by atoms with Crippen molar-refractivity contribution in [3.05, 3.63) is 17.0 Å². The van der Waals surface area contributed by atoms with Gasteiger partial charge >= 0.3 is 5.97 Å². The van der Waals surface area contributed by atoms with E-state index < -0.39 is 27.3 Å². The van der Waals surface area contributed by atoms with Crippen molar-refractivity contribution in [2.75, 3.05) is 6.26 Å². The van der Waals surface area contributed by atoms with Crippen LogP contribution in [0.1, 0.15) is 36.4 Å². The Kier molecular flexibility index (Phi) is 4.93. The first kappa shape index (κ1) is 16.6. The average Bonchev–Trinajstić information content (AvgIpc) is 2.77. The lowest BCUT2D eigenvalue weighted by molar-refractivity contribution is -0.144. The molecule has 1 atom stereocenters. The molecule has 1 amide bonds. The summed E-state index contributed by atoms with van der Waals surface area (Å²) in [5, 5.41) is 11.6. The highest BCUT2D eigenvalue weighted by Crippen LogP contribution is 2.22. The molecule has 0 aliphatic heterocycles. The highest BCUT2D eigenvalue weighted by molar-refractivity contribution is 7.92. The third-order valence-electron chi connectivity index (χ3n) is 2.78. The Morgan fingerprint density at radius 2 is 2.00 bits per heavy atom. The molecule has 0 spiro atoms. The molecule has 1 heterocycles. The molecular formula is C12H17NO5S2. The molecule has 0 fully saturated rings. The smallest absolute Gasteiger partial charge is 0.329 e. The lowest BCUT2D eigenvalue weighted by Crippen LogP contribution is -2.51. The summed E-state index contributed by atoms with van der Waals surface area (Å²) in [5.41, 5.74) is -1.36. The number of carboxylic acids is 1. The van der Waals surface area contributed by atoms with Gasteiger partial charge in [0.15, 0.2) is 9.84 Å². The number of amides is 1. The number of hydrogen-bond acceptors (Lipinski definition) is 5. The molecule has 0 aliphatic carbocycles. The van der Waals surface area contributed by atoms with Gasteiger partial charge in [-0.05, 0) is 25.5 Å². The van der Waals surface area contributed by atoms with Crippen molar-refractivity contribution in [3.8, 4) is 0 Å². The van der Waals surface area contributed by atoms with Crippen LogP contribution in [-0.2, 0) is 14.6 Å². The highest BCUT2D eigenvalue weighted by Gasteiger charge is 2.34. The van der Waals surface area contributed by atoms with Gasteiger partial charge in [-0.15, -0.1) is 11.3 Å². The molecule has 0 aromatic carbocycles. The van der Waals surface area contributed by atoms with Crippen LogP contribution in [0.2, 0.25) is 0 Å². The van der Waals surface area contributed by atoms with Crippen LogP contribution < -0.4 is 5.32 Å². The second kappa shape index (κ2) is 5.92. The van der Waals surface area contributed by atoms with Crippen LogP contribution in [0.4, 0.5) is 0 Å². The predicted octanol–water partition coefficient (Wildman–Crippen LogP) is 1.52. The first-order valence-corrected chi connectivity index (χ1v) is 8.67. The van der Waals surface area contributed by atoms with E-state index in [1.807, 2.05) is 6.92 Å². The van der Waals surface area contributed by atoms with Gasteiger partial charge in [-0.3, -0.25) is 4.79 Å². The van der Waals surface area contributed by atoms with Crippen molar-refractivity contribution in [2.24, 2.45) is 0 Å². The van der Waals surface area contributed by atoms with Crippen LogP contribution in [0.25, 0.3) is 0 Å². The standard InChI is InChI=1S/C12H17NO5S2/c1-4-7-12(2,11(15)16)13-10(14)8-5-6-9(19-8)20(3,17)18/h5-6H,4,7H2,1-3H3,(H,13,14)(H,15,16). The maximum absolute atomic E-state index is 12.0. The van der Waals surface area contributed by atoms with Gasteiger partial charge in [0.25, 0.3) is 5.91 Å². The Morgan fingerprint density at radius 1 is 1.40 bits per heavy atom. The summed E-state index contributed by atoms with van der Waals surface area (Å²) < 4.78 is 22.8. The molecule has 2 N–H and O–H groups in total. The zero-order valence-corrected chi connectivity index (χ0v) is 13.1. The Labute approximate surface area is 121 Å². The maximum Gasteiger partial charge on any atom is 0.329 e. The number of carboxylic acid groups (broad SMARTS) is 1. The molecule has 1 aromatic heterocycles. The highest BCUT2D eigenvalue weighted by atomic mass is 32.2. The molecule has 6 nitrogen and oxygen atoms in total. The number of hydrogen-bond donors (Lipinski definition) is 2. The summed E-state index contributed by atoms with van der Waals surface area (Å²) in [5.74, 6) is -1.70. The minimum absolute atomic E-state index is 0.0789. The van der Waals surface area contributed by atoms with Crippen molar-refractivity contribution >= 4 is 33.1 Å². The van der Waals surface area contributed by atoms with Crippen molar-refractivity contribution < 1.29 is 23.1 Å². The van der Waals surface area contributed by atoms with Crippen LogP contribution in [-0.4, -0.2) is 37.2 Å². The normalized spacial score (nSPS) is 14.6. The van der Waals surface area contributed by atoms with Crippen LogP contribution in [0.5, 0.6) is 0 Å². The lowest BCUT2D eigenvalue weighted by Gasteiger charge is -2.25. The summed E-state index contributed by atoms with van der Waals surface area (Å²) in [4.78, 5) is 23.4. The molecule has 112 valence electrons. The Balaban J connectivity index is 2.96. The zero-order chi connectivity index (χ0) is 15.6. The van der Waals surface area contributed by atoms with Crippen LogP contribution >= 0.6 is 11.3 Å². The van der Waals surface area contributed by atoms with Gasteiger partial charge in [-0.25, -0.2) is 13.2 Å². The molecule has 20 heavy (non-hydrogen) atoms. The minimum Gasteiger partial charge on any atom is -0.480 e. The van der Waals surface area contributed by atoms with E-state index in [0.717, 1.165) is 17.6 Å². The maximum atomic E-state index is 12.0. The molecular weight excluding hydrogens is 302 g/mol. The predicted molar refractivity (Wildman–Crippen MR) is 75.8 cm³/mol. The Morgan fingerprint density at radius 3 is 2.40 bits per heavy atom. The van der Waals surface area contributed by atoms with Crippen molar-refractivity contribution in [1.82, 2.24) is 5.32 Å². The molecule has 0 saturated heterocycles. The van der Waals surface area contributed by atoms with Gasteiger partial charge in [-0.2, -0.15) is 0 Å². The molecule has 0 aliphatic rings. The number of thiophene rings is 1. The van der Waals surface area contributed by atoms with Crippen molar-refractivity contribution in [3.63, 3.8) is 0 Å². The monoisotopic (exact) mass is 319 g/mol. The quantitative estimate of drug-likeness (QED) is 0.828. The summed E-state index contributed by atoms with van der Waals surface area (Å²) >= 11 is 0.825. The van der Waals surface area contributed by atoms with Crippen LogP contribution in [0.15, 0.2) is 16.3 Å². The molecule has 0 bridgehead atoms. The minimum atomic E-state index is -3.36. The third kappa shape index (κ3) is 3.80. The zero-order valence-electron chi connectivity index (χ0n) is 11.5. The van der Waals surface area contributed by atoms with Gasteiger partial charge in [0.1, 0.15) is 9.75 Å². The van der Waals surface area contributed by atoms with E-state index >= 15 is 0 Å². The molecule has 1 rings (SSSR count). The van der Waals surface area contributed by atoms with Gasteiger partial charge in [0, 0.05) is 6.26 Å². The summed E-state index contributed by atoms with van der Waals surface area (Å²) in [6.07, 6.45) is 1.94. The van der Waals surface area contributed by atoms with E-state index in [2.05, 4.69) is 5.32 Å². The van der Waals surface area contributed by atoms with Gasteiger partial charge in [-0.1, -0.05) is 13.3 Å². The number of sulfone groups is 1. The van der Waals surface area contributed by atoms with Gasteiger partial charge in [0.2, 0.25) is 0 Å². The molecule has 0 saturated carbocycles. The van der Waals surface area contributed by atoms with E-state index in [1.54, 1.807) is 0 Å². The Bertz CT molecular complexity index is 620. The largest absolute Gasteiger partial charge is 0.480 e. The van der Waals surface area contributed by atoms with E-state index in [-0.39, 0.29) is 9.09 Å². The SMILES string of the molecule is CCCC(C)(NC(=O)c1ccc(S(C)(=O)=O)s1)C(=O)O. The van der Waals surface area contributed by atoms with Crippen molar-refractivity contribution in [1.29, 1.82) is 0 Å². The Hall–Kier alpha value is -1.41. The first-order chi connectivity index (χ1) is 9.10. The lowest BCUT2D eigenvalue weighted by atomic mass is 9.96. The number of rotatable bonds is 6. The number of carbonyl (C=O) groups is 2. The fourth-order valence-corrected chi connectivity index (χ4v) is 3.50. The van der Waals surface area contributed by atoms with Crippen LogP contribution in [0, 0.1) is 0 Å². The number of nitrogens with one attached hydrogen (secondary N) is 1. The van der Waals surface area contributed by atoms with Crippen LogP contribution in [0.3, 0.4) is 0 Å². The molecule has 8 heteroatoms. The van der Waals surface area contributed by atoms with E-state index in [9.17, 15) is 23.1 Å². The molecule has 0 radical (unpaired) electrons. The van der Waals surface area contributed by atoms with E-state index in [0.29, 0.717) is 12.8 Å². The molecule has 1 aromatic rings. The number of aliphatic carboxylic acids is 1. The summed E-state index contributed by atoms with van der Waals surface area (Å²) in [7, 11) is -3.36.